The zero-order chi connectivity index (χ0) is 15.8. The van der Waals surface area contributed by atoms with E-state index < -0.39 is 0 Å². The van der Waals surface area contributed by atoms with E-state index in [0.29, 0.717) is 18.7 Å². The van der Waals surface area contributed by atoms with Gasteiger partial charge in [0.2, 0.25) is 0 Å². The number of fused-ring (bicyclic) bond motifs is 1. The van der Waals surface area contributed by atoms with E-state index in [9.17, 15) is 4.79 Å². The summed E-state index contributed by atoms with van der Waals surface area (Å²) in [6, 6.07) is 3.08. The fourth-order valence-corrected chi connectivity index (χ4v) is 5.62. The molecule has 0 radical (unpaired) electrons. The summed E-state index contributed by atoms with van der Waals surface area (Å²) in [6.45, 7) is 6.94. The van der Waals surface area contributed by atoms with Crippen LogP contribution < -0.4 is 0 Å². The molecule has 0 spiro atoms. The average molecular weight is 334 g/mol. The van der Waals surface area contributed by atoms with Crippen LogP contribution in [0.25, 0.3) is 0 Å². The second kappa shape index (κ2) is 6.54. The molecule has 4 heterocycles. The molecule has 126 valence electrons. The van der Waals surface area contributed by atoms with E-state index in [1.165, 1.54) is 36.2 Å². The van der Waals surface area contributed by atoms with Crippen molar-refractivity contribution in [3.8, 4) is 0 Å². The number of hydrogen-bond donors (Lipinski definition) is 0. The van der Waals surface area contributed by atoms with Gasteiger partial charge in [-0.2, -0.15) is 0 Å². The number of nitrogens with zero attached hydrogens (tertiary/aromatic N) is 2. The normalized spacial score (nSPS) is 28.3. The van der Waals surface area contributed by atoms with Gasteiger partial charge in [-0.15, -0.1) is 11.3 Å². The summed E-state index contributed by atoms with van der Waals surface area (Å²) >= 11 is 1.70. The average Bonchev–Trinajstić information content (AvgIpc) is 3.30. The van der Waals surface area contributed by atoms with Crippen molar-refractivity contribution in [2.45, 2.75) is 57.7 Å². The maximum atomic E-state index is 13.1. The van der Waals surface area contributed by atoms with Gasteiger partial charge in [0.1, 0.15) is 0 Å². The van der Waals surface area contributed by atoms with Crippen molar-refractivity contribution in [1.82, 2.24) is 9.80 Å². The molecule has 1 aromatic rings. The monoisotopic (exact) mass is 334 g/mol. The number of amides is 1. The Morgan fingerprint density at radius 1 is 1.30 bits per heavy atom. The second-order valence-corrected chi connectivity index (χ2v) is 8.04. The maximum Gasteiger partial charge on any atom is 0.264 e. The van der Waals surface area contributed by atoms with Crippen molar-refractivity contribution in [3.05, 3.63) is 21.4 Å². The van der Waals surface area contributed by atoms with Gasteiger partial charge in [-0.1, -0.05) is 6.92 Å². The van der Waals surface area contributed by atoms with Crippen LogP contribution in [0.1, 0.15) is 52.7 Å². The first-order valence-electron chi connectivity index (χ1n) is 9.02. The zero-order valence-electron chi connectivity index (χ0n) is 13.9. The van der Waals surface area contributed by atoms with Gasteiger partial charge in [0.15, 0.2) is 0 Å². The van der Waals surface area contributed by atoms with Crippen molar-refractivity contribution in [2.75, 3.05) is 26.2 Å². The fraction of sp³-hybridized carbons (Fsp3) is 0.722. The van der Waals surface area contributed by atoms with Crippen molar-refractivity contribution < 1.29 is 9.53 Å². The molecule has 3 aliphatic rings. The van der Waals surface area contributed by atoms with E-state index in [1.54, 1.807) is 11.3 Å². The smallest absolute Gasteiger partial charge is 0.264 e. The van der Waals surface area contributed by atoms with Gasteiger partial charge in [-0.3, -0.25) is 9.69 Å². The Bertz CT molecular complexity index is 562. The summed E-state index contributed by atoms with van der Waals surface area (Å²) < 4.78 is 5.52. The van der Waals surface area contributed by atoms with Crippen LogP contribution in [0.5, 0.6) is 0 Å². The quantitative estimate of drug-likeness (QED) is 0.852. The third kappa shape index (κ3) is 2.83. The summed E-state index contributed by atoms with van der Waals surface area (Å²) in [5.41, 5.74) is 1.23. The molecule has 1 aromatic heterocycles. The predicted molar refractivity (Wildman–Crippen MR) is 92.0 cm³/mol. The number of rotatable bonds is 3. The van der Waals surface area contributed by atoms with Gasteiger partial charge in [0.25, 0.3) is 5.91 Å². The number of likely N-dealkylation sites (tertiary alicyclic amines) is 2. The maximum absolute atomic E-state index is 13.1. The molecular weight excluding hydrogens is 308 g/mol. The molecule has 0 unspecified atom stereocenters. The molecule has 2 atom stereocenters. The Kier molecular flexibility index (Phi) is 4.43. The number of thiophene rings is 1. The Labute approximate surface area is 142 Å². The third-order valence-corrected chi connectivity index (χ3v) is 6.89. The van der Waals surface area contributed by atoms with E-state index in [-0.39, 0.29) is 5.91 Å². The molecule has 23 heavy (non-hydrogen) atoms. The van der Waals surface area contributed by atoms with Crippen molar-refractivity contribution in [2.24, 2.45) is 0 Å². The van der Waals surface area contributed by atoms with Crippen LogP contribution in [0.4, 0.5) is 0 Å². The summed E-state index contributed by atoms with van der Waals surface area (Å²) in [6.07, 6.45) is 5.81. The number of carbonyl (C=O) groups excluding carboxylic acids is 1. The number of carbonyl (C=O) groups is 1. The first kappa shape index (κ1) is 15.6. The van der Waals surface area contributed by atoms with Gasteiger partial charge >= 0.3 is 0 Å². The standard InChI is InChI=1S/C18H26N2O2S/c1-2-19-8-3-5-14(19)15-6-4-9-20(15)18(21)17-11-13-12-22-10-7-16(13)23-17/h11,14-15H,2-10,12H2,1H3/t14-,15-/m0/s1. The molecule has 3 aliphatic heterocycles. The molecule has 0 aromatic carbocycles. The summed E-state index contributed by atoms with van der Waals surface area (Å²) in [7, 11) is 0. The molecule has 2 saturated heterocycles. The van der Waals surface area contributed by atoms with Gasteiger partial charge in [0, 0.05) is 29.9 Å². The molecule has 0 N–H and O–H groups in total. The van der Waals surface area contributed by atoms with Crippen molar-refractivity contribution in [1.29, 1.82) is 0 Å². The van der Waals surface area contributed by atoms with E-state index in [4.69, 9.17) is 4.74 Å². The molecule has 0 bridgehead atoms. The van der Waals surface area contributed by atoms with Crippen LogP contribution in [0.2, 0.25) is 0 Å². The van der Waals surface area contributed by atoms with Crippen molar-refractivity contribution >= 4 is 17.2 Å². The highest BCUT2D eigenvalue weighted by molar-refractivity contribution is 7.14. The van der Waals surface area contributed by atoms with Crippen molar-refractivity contribution in [3.63, 3.8) is 0 Å². The SMILES string of the molecule is CCN1CCC[C@H]1[C@@H]1CCCN1C(=O)c1cc2c(s1)CCOC2. The Balaban J connectivity index is 1.54. The van der Waals surface area contributed by atoms with Crippen LogP contribution in [-0.2, 0) is 17.8 Å². The van der Waals surface area contributed by atoms with Crippen LogP contribution in [0.3, 0.4) is 0 Å². The Morgan fingerprint density at radius 3 is 2.96 bits per heavy atom. The summed E-state index contributed by atoms with van der Waals surface area (Å²) in [5, 5.41) is 0. The first-order valence-corrected chi connectivity index (χ1v) is 9.84. The first-order chi connectivity index (χ1) is 11.3. The zero-order valence-corrected chi connectivity index (χ0v) is 14.7. The molecule has 4 nitrogen and oxygen atoms in total. The molecule has 1 amide bonds. The molecule has 5 heteroatoms. The lowest BCUT2D eigenvalue weighted by Crippen LogP contribution is -2.48. The van der Waals surface area contributed by atoms with Crippen LogP contribution in [0, 0.1) is 0 Å². The van der Waals surface area contributed by atoms with Crippen LogP contribution in [-0.4, -0.2) is 54.0 Å². The van der Waals surface area contributed by atoms with Gasteiger partial charge in [-0.25, -0.2) is 0 Å². The van der Waals surface area contributed by atoms with Gasteiger partial charge in [-0.05, 0) is 50.4 Å². The second-order valence-electron chi connectivity index (χ2n) is 6.91. The number of hydrogen-bond acceptors (Lipinski definition) is 4. The molecule has 4 rings (SSSR count). The lowest BCUT2D eigenvalue weighted by atomic mass is 10.0. The minimum Gasteiger partial charge on any atom is -0.376 e. The van der Waals surface area contributed by atoms with E-state index in [2.05, 4.69) is 22.8 Å². The van der Waals surface area contributed by atoms with Crippen LogP contribution >= 0.6 is 11.3 Å². The minimum atomic E-state index is 0.259. The summed E-state index contributed by atoms with van der Waals surface area (Å²) in [5.74, 6) is 0.259. The largest absolute Gasteiger partial charge is 0.376 e. The van der Waals surface area contributed by atoms with E-state index >= 15 is 0 Å². The highest BCUT2D eigenvalue weighted by Crippen LogP contribution is 2.33. The Morgan fingerprint density at radius 2 is 2.13 bits per heavy atom. The van der Waals surface area contributed by atoms with Gasteiger partial charge < -0.3 is 9.64 Å². The Hall–Kier alpha value is -0.910. The molecule has 0 saturated carbocycles. The lowest BCUT2D eigenvalue weighted by molar-refractivity contribution is 0.0654. The number of ether oxygens (including phenoxy) is 1. The molecule has 2 fully saturated rings. The molecule has 0 aliphatic carbocycles. The molecular formula is C18H26N2O2S. The summed E-state index contributed by atoms with van der Waals surface area (Å²) in [4.78, 5) is 20.1. The van der Waals surface area contributed by atoms with Crippen LogP contribution in [0.15, 0.2) is 6.07 Å². The highest BCUT2D eigenvalue weighted by atomic mass is 32.1. The fourth-order valence-electron chi connectivity index (χ4n) is 4.52. The minimum absolute atomic E-state index is 0.259. The topological polar surface area (TPSA) is 32.8 Å². The van der Waals surface area contributed by atoms with E-state index in [1.807, 2.05) is 0 Å². The third-order valence-electron chi connectivity index (χ3n) is 5.66. The predicted octanol–water partition coefficient (Wildman–Crippen LogP) is 2.91. The highest BCUT2D eigenvalue weighted by Gasteiger charge is 2.39. The number of likely N-dealkylation sites (N-methyl/N-ethyl adjacent to an activating group) is 1. The van der Waals surface area contributed by atoms with E-state index in [0.717, 1.165) is 37.4 Å². The van der Waals surface area contributed by atoms with Gasteiger partial charge in [0.05, 0.1) is 18.1 Å². The lowest BCUT2D eigenvalue weighted by Gasteiger charge is -2.34.